The minimum absolute atomic E-state index is 0.0778. The van der Waals surface area contributed by atoms with Crippen molar-refractivity contribution in [2.45, 2.75) is 25.4 Å². The Morgan fingerprint density at radius 2 is 1.72 bits per heavy atom. The first-order valence-electron chi connectivity index (χ1n) is 9.83. The molecule has 0 atom stereocenters. The van der Waals surface area contributed by atoms with Crippen LogP contribution in [0, 0.1) is 0 Å². The van der Waals surface area contributed by atoms with Crippen LogP contribution in [-0.2, 0) is 6.54 Å². The van der Waals surface area contributed by atoms with Gasteiger partial charge in [0.05, 0.1) is 0 Å². The number of pyridine rings is 1. The Bertz CT molecular complexity index is 926. The highest BCUT2D eigenvalue weighted by atomic mass is 16.1. The van der Waals surface area contributed by atoms with Crippen LogP contribution in [0.4, 0.5) is 11.8 Å². The van der Waals surface area contributed by atoms with Crippen LogP contribution in [0.3, 0.4) is 0 Å². The number of rotatable bonds is 6. The number of amides is 1. The third kappa shape index (κ3) is 5.36. The predicted molar refractivity (Wildman–Crippen MR) is 112 cm³/mol. The van der Waals surface area contributed by atoms with Crippen molar-refractivity contribution in [1.82, 2.24) is 25.2 Å². The maximum absolute atomic E-state index is 12.7. The lowest BCUT2D eigenvalue weighted by Gasteiger charge is -2.32. The quantitative estimate of drug-likeness (QED) is 0.675. The molecule has 0 aliphatic carbocycles. The van der Waals surface area contributed by atoms with Crippen molar-refractivity contribution in [3.05, 3.63) is 78.2 Å². The minimum Gasteiger partial charge on any atom is -0.349 e. The number of hydrogen-bond acceptors (Lipinski definition) is 6. The molecular formula is C22H24N6O. The molecule has 29 heavy (non-hydrogen) atoms. The van der Waals surface area contributed by atoms with E-state index in [4.69, 9.17) is 0 Å². The standard InChI is InChI=1S/C22H24N6O/c29-21(18-7-12-23-20(15-18)27-22-24-10-4-11-25-22)26-19-8-13-28(14-9-19)16-17-5-2-1-3-6-17/h1-7,10-12,15,19H,8-9,13-14,16H2,(H,26,29)(H,23,24,25,27). The number of aromatic nitrogens is 3. The molecule has 0 unspecified atom stereocenters. The van der Waals surface area contributed by atoms with E-state index >= 15 is 0 Å². The summed E-state index contributed by atoms with van der Waals surface area (Å²) in [5, 5.41) is 6.17. The Balaban J connectivity index is 1.29. The SMILES string of the molecule is O=C(NC1CCN(Cc2ccccc2)CC1)c1ccnc(Nc2ncccn2)c1. The number of carbonyl (C=O) groups excluding carboxylic acids is 1. The molecule has 1 saturated heterocycles. The number of hydrogen-bond donors (Lipinski definition) is 2. The van der Waals surface area contributed by atoms with Gasteiger partial charge in [0, 0.05) is 49.8 Å². The van der Waals surface area contributed by atoms with E-state index in [2.05, 4.69) is 54.8 Å². The van der Waals surface area contributed by atoms with Gasteiger partial charge in [-0.2, -0.15) is 0 Å². The summed E-state index contributed by atoms with van der Waals surface area (Å²) < 4.78 is 0. The largest absolute Gasteiger partial charge is 0.349 e. The van der Waals surface area contributed by atoms with Crippen molar-refractivity contribution in [2.75, 3.05) is 18.4 Å². The van der Waals surface area contributed by atoms with Crippen LogP contribution in [0.1, 0.15) is 28.8 Å². The molecule has 1 aliphatic rings. The average Bonchev–Trinajstić information content (AvgIpc) is 2.77. The third-order valence-electron chi connectivity index (χ3n) is 5.00. The van der Waals surface area contributed by atoms with Gasteiger partial charge >= 0.3 is 0 Å². The van der Waals surface area contributed by atoms with Gasteiger partial charge < -0.3 is 10.6 Å². The fourth-order valence-corrected chi connectivity index (χ4v) is 3.46. The van der Waals surface area contributed by atoms with E-state index < -0.39 is 0 Å². The first-order chi connectivity index (χ1) is 14.3. The number of anilines is 2. The van der Waals surface area contributed by atoms with Crippen LogP contribution in [0.25, 0.3) is 0 Å². The summed E-state index contributed by atoms with van der Waals surface area (Å²) in [4.78, 5) is 27.6. The maximum atomic E-state index is 12.7. The lowest BCUT2D eigenvalue weighted by Crippen LogP contribution is -2.44. The number of nitrogens with one attached hydrogen (secondary N) is 2. The summed E-state index contributed by atoms with van der Waals surface area (Å²) in [7, 11) is 0. The highest BCUT2D eigenvalue weighted by molar-refractivity contribution is 5.95. The van der Waals surface area contributed by atoms with Gasteiger partial charge in [0.1, 0.15) is 5.82 Å². The molecule has 2 N–H and O–H groups in total. The van der Waals surface area contributed by atoms with Crippen molar-refractivity contribution in [2.24, 2.45) is 0 Å². The van der Waals surface area contributed by atoms with Crippen LogP contribution in [-0.4, -0.2) is 44.9 Å². The van der Waals surface area contributed by atoms with E-state index in [0.717, 1.165) is 32.5 Å². The second kappa shape index (κ2) is 9.25. The molecule has 148 valence electrons. The molecule has 1 fully saturated rings. The Morgan fingerprint density at radius 3 is 2.48 bits per heavy atom. The van der Waals surface area contributed by atoms with Crippen molar-refractivity contribution >= 4 is 17.7 Å². The van der Waals surface area contributed by atoms with Crippen LogP contribution < -0.4 is 10.6 Å². The van der Waals surface area contributed by atoms with Crippen molar-refractivity contribution in [1.29, 1.82) is 0 Å². The van der Waals surface area contributed by atoms with Gasteiger partial charge in [-0.15, -0.1) is 0 Å². The fraction of sp³-hybridized carbons (Fsp3) is 0.273. The number of likely N-dealkylation sites (tertiary alicyclic amines) is 1. The van der Waals surface area contributed by atoms with Crippen LogP contribution in [0.15, 0.2) is 67.1 Å². The molecule has 3 aromatic rings. The molecule has 4 rings (SSSR count). The molecule has 1 amide bonds. The van der Waals surface area contributed by atoms with Crippen LogP contribution in [0.5, 0.6) is 0 Å². The van der Waals surface area contributed by atoms with E-state index in [1.807, 2.05) is 6.07 Å². The summed E-state index contributed by atoms with van der Waals surface area (Å²) in [6, 6.07) is 15.9. The van der Waals surface area contributed by atoms with Crippen molar-refractivity contribution < 1.29 is 4.79 Å². The number of carbonyl (C=O) groups is 1. The van der Waals surface area contributed by atoms with E-state index in [-0.39, 0.29) is 11.9 Å². The van der Waals surface area contributed by atoms with Crippen LogP contribution in [0.2, 0.25) is 0 Å². The molecule has 1 aromatic carbocycles. The molecule has 7 nitrogen and oxygen atoms in total. The number of piperidine rings is 1. The van der Waals surface area contributed by atoms with E-state index in [0.29, 0.717) is 17.3 Å². The lowest BCUT2D eigenvalue weighted by atomic mass is 10.0. The number of nitrogens with zero attached hydrogens (tertiary/aromatic N) is 4. The molecule has 2 aromatic heterocycles. The highest BCUT2D eigenvalue weighted by Crippen LogP contribution is 2.16. The molecule has 0 saturated carbocycles. The summed E-state index contributed by atoms with van der Waals surface area (Å²) in [6.45, 7) is 2.92. The second-order valence-corrected chi connectivity index (χ2v) is 7.14. The molecule has 7 heteroatoms. The molecule has 1 aliphatic heterocycles. The van der Waals surface area contributed by atoms with Gasteiger partial charge in [0.15, 0.2) is 0 Å². The van der Waals surface area contributed by atoms with Gasteiger partial charge in [-0.05, 0) is 36.6 Å². The van der Waals surface area contributed by atoms with Gasteiger partial charge in [-0.3, -0.25) is 9.69 Å². The van der Waals surface area contributed by atoms with Crippen molar-refractivity contribution in [3.63, 3.8) is 0 Å². The highest BCUT2D eigenvalue weighted by Gasteiger charge is 2.21. The minimum atomic E-state index is -0.0778. The van der Waals surface area contributed by atoms with Gasteiger partial charge in [0.25, 0.3) is 5.91 Å². The predicted octanol–water partition coefficient (Wildman–Crippen LogP) is 3.01. The number of benzene rings is 1. The first kappa shape index (κ1) is 19.0. The molecule has 3 heterocycles. The Kier molecular flexibility index (Phi) is 6.07. The molecule has 0 bridgehead atoms. The smallest absolute Gasteiger partial charge is 0.251 e. The van der Waals surface area contributed by atoms with E-state index in [9.17, 15) is 4.79 Å². The lowest BCUT2D eigenvalue weighted by molar-refractivity contribution is 0.0909. The topological polar surface area (TPSA) is 83.0 Å². The molecule has 0 spiro atoms. The van der Waals surface area contributed by atoms with Gasteiger partial charge in [0.2, 0.25) is 5.95 Å². The Labute approximate surface area is 170 Å². The zero-order valence-electron chi connectivity index (χ0n) is 16.2. The zero-order chi connectivity index (χ0) is 19.9. The second-order valence-electron chi connectivity index (χ2n) is 7.14. The normalized spacial score (nSPS) is 15.0. The third-order valence-corrected chi connectivity index (χ3v) is 5.00. The van der Waals surface area contributed by atoms with E-state index in [1.54, 1.807) is 36.8 Å². The van der Waals surface area contributed by atoms with Crippen LogP contribution >= 0.6 is 0 Å². The van der Waals surface area contributed by atoms with Crippen molar-refractivity contribution in [3.8, 4) is 0 Å². The average molecular weight is 388 g/mol. The monoisotopic (exact) mass is 388 g/mol. The van der Waals surface area contributed by atoms with E-state index in [1.165, 1.54) is 5.56 Å². The molecular weight excluding hydrogens is 364 g/mol. The zero-order valence-corrected chi connectivity index (χ0v) is 16.2. The fourth-order valence-electron chi connectivity index (χ4n) is 3.46. The van der Waals surface area contributed by atoms with Gasteiger partial charge in [-0.1, -0.05) is 30.3 Å². The maximum Gasteiger partial charge on any atom is 0.251 e. The summed E-state index contributed by atoms with van der Waals surface area (Å²) in [5.41, 5.74) is 1.90. The Morgan fingerprint density at radius 1 is 0.966 bits per heavy atom. The first-order valence-corrected chi connectivity index (χ1v) is 9.83. The van der Waals surface area contributed by atoms with Gasteiger partial charge in [-0.25, -0.2) is 15.0 Å². The molecule has 0 radical (unpaired) electrons. The summed E-state index contributed by atoms with van der Waals surface area (Å²) in [5.74, 6) is 0.913. The Hall–Kier alpha value is -3.32. The summed E-state index contributed by atoms with van der Waals surface area (Å²) in [6.07, 6.45) is 6.81. The summed E-state index contributed by atoms with van der Waals surface area (Å²) >= 11 is 0.